The predicted octanol–water partition coefficient (Wildman–Crippen LogP) is -0.370. The molecular weight excluding hydrogens is 336 g/mol. The minimum Gasteiger partial charge on any atom is -0.480 e. The largest absolute Gasteiger partial charge is 0.480 e. The minimum absolute atomic E-state index is 0.487. The normalized spacial score (nSPS) is 21.0. The van der Waals surface area contributed by atoms with Gasteiger partial charge in [0, 0.05) is 12.1 Å². The smallest absolute Gasteiger partial charge is 0.317 e. The Kier molecular flexibility index (Phi) is 8.29. The first kappa shape index (κ1) is 20.8. The maximum absolute atomic E-state index is 11.1. The molecule has 2 unspecified atom stereocenters. The molecule has 0 amide bonds. The van der Waals surface area contributed by atoms with E-state index in [9.17, 15) is 19.2 Å². The van der Waals surface area contributed by atoms with E-state index in [2.05, 4.69) is 0 Å². The van der Waals surface area contributed by atoms with Gasteiger partial charge in [-0.15, -0.1) is 0 Å². The Morgan fingerprint density at radius 3 is 1.12 bits per heavy atom. The fraction of sp³-hybridized carbons (Fsp3) is 0.733. The standard InChI is InChI=1S/C15H24N2O8/c18-12(19)6-16(7-13(20)21)10-4-2-1-3-5-11(10)17(8-14(22)23)9-15(24)25/h10-11H,1-9H2,(H,18,19)(H,20,21)(H,22,23)(H,24,25). The molecule has 25 heavy (non-hydrogen) atoms. The summed E-state index contributed by atoms with van der Waals surface area (Å²) in [7, 11) is 0. The third-order valence-corrected chi connectivity index (χ3v) is 4.24. The van der Waals surface area contributed by atoms with Crippen LogP contribution in [0, 0.1) is 0 Å². The van der Waals surface area contributed by atoms with Crippen LogP contribution in [0.3, 0.4) is 0 Å². The van der Waals surface area contributed by atoms with Gasteiger partial charge in [-0.25, -0.2) is 0 Å². The summed E-state index contributed by atoms with van der Waals surface area (Å²) >= 11 is 0. The van der Waals surface area contributed by atoms with Gasteiger partial charge in [-0.05, 0) is 12.8 Å². The van der Waals surface area contributed by atoms with Crippen LogP contribution >= 0.6 is 0 Å². The molecule has 2 atom stereocenters. The van der Waals surface area contributed by atoms with E-state index < -0.39 is 62.1 Å². The van der Waals surface area contributed by atoms with E-state index in [4.69, 9.17) is 20.4 Å². The van der Waals surface area contributed by atoms with E-state index in [0.29, 0.717) is 12.8 Å². The molecule has 0 spiro atoms. The average Bonchev–Trinajstić information content (AvgIpc) is 2.69. The van der Waals surface area contributed by atoms with Gasteiger partial charge in [-0.1, -0.05) is 19.3 Å². The number of rotatable bonds is 10. The molecule has 1 rings (SSSR count). The van der Waals surface area contributed by atoms with E-state index in [-0.39, 0.29) is 0 Å². The van der Waals surface area contributed by atoms with Crippen molar-refractivity contribution in [2.24, 2.45) is 0 Å². The zero-order valence-corrected chi connectivity index (χ0v) is 13.8. The molecule has 1 aliphatic rings. The van der Waals surface area contributed by atoms with Crippen molar-refractivity contribution in [3.8, 4) is 0 Å². The summed E-state index contributed by atoms with van der Waals surface area (Å²) in [6, 6.07) is -1.07. The summed E-state index contributed by atoms with van der Waals surface area (Å²) < 4.78 is 0. The van der Waals surface area contributed by atoms with Crippen molar-refractivity contribution in [1.82, 2.24) is 9.80 Å². The summed E-state index contributed by atoms with van der Waals surface area (Å²) in [6.07, 6.45) is 3.30. The highest BCUT2D eigenvalue weighted by molar-refractivity contribution is 5.73. The Morgan fingerprint density at radius 2 is 0.880 bits per heavy atom. The van der Waals surface area contributed by atoms with Crippen molar-refractivity contribution in [3.05, 3.63) is 0 Å². The second-order valence-electron chi connectivity index (χ2n) is 6.16. The van der Waals surface area contributed by atoms with Gasteiger partial charge < -0.3 is 20.4 Å². The SMILES string of the molecule is O=C(O)CN(CC(=O)O)C1CCCCCC1N(CC(=O)O)CC(=O)O. The monoisotopic (exact) mass is 360 g/mol. The Morgan fingerprint density at radius 1 is 0.600 bits per heavy atom. The summed E-state index contributed by atoms with van der Waals surface area (Å²) in [5.41, 5.74) is 0. The van der Waals surface area contributed by atoms with Crippen LogP contribution in [-0.4, -0.2) is 92.4 Å². The quantitative estimate of drug-likeness (QED) is 0.379. The van der Waals surface area contributed by atoms with Crippen LogP contribution in [0.15, 0.2) is 0 Å². The molecule has 0 aromatic rings. The summed E-state index contributed by atoms with van der Waals surface area (Å²) in [5, 5.41) is 36.3. The number of aliphatic carboxylic acids is 4. The van der Waals surface area contributed by atoms with Gasteiger partial charge in [-0.2, -0.15) is 0 Å². The van der Waals surface area contributed by atoms with Gasteiger partial charge in [0.15, 0.2) is 0 Å². The second-order valence-corrected chi connectivity index (χ2v) is 6.16. The van der Waals surface area contributed by atoms with Crippen LogP contribution in [0.1, 0.15) is 32.1 Å². The van der Waals surface area contributed by atoms with Gasteiger partial charge in [0.25, 0.3) is 0 Å². The highest BCUT2D eigenvalue weighted by atomic mass is 16.4. The highest BCUT2D eigenvalue weighted by Gasteiger charge is 2.36. The van der Waals surface area contributed by atoms with Crippen LogP contribution in [0.5, 0.6) is 0 Å². The third kappa shape index (κ3) is 7.48. The van der Waals surface area contributed by atoms with E-state index in [1.165, 1.54) is 9.80 Å². The number of carboxylic acid groups (broad SMARTS) is 4. The van der Waals surface area contributed by atoms with Gasteiger partial charge in [0.05, 0.1) is 26.2 Å². The minimum atomic E-state index is -1.19. The molecule has 10 nitrogen and oxygen atoms in total. The maximum atomic E-state index is 11.1. The number of carboxylic acids is 4. The van der Waals surface area contributed by atoms with Crippen LogP contribution in [-0.2, 0) is 19.2 Å². The van der Waals surface area contributed by atoms with Crippen molar-refractivity contribution >= 4 is 23.9 Å². The molecule has 10 heteroatoms. The van der Waals surface area contributed by atoms with E-state index in [0.717, 1.165) is 19.3 Å². The molecule has 4 N–H and O–H groups in total. The lowest BCUT2D eigenvalue weighted by Crippen LogP contribution is -2.55. The lowest BCUT2D eigenvalue weighted by atomic mass is 9.98. The van der Waals surface area contributed by atoms with Gasteiger partial charge in [0.2, 0.25) is 0 Å². The van der Waals surface area contributed by atoms with Crippen molar-refractivity contribution < 1.29 is 39.6 Å². The molecule has 0 saturated heterocycles. The molecule has 0 heterocycles. The predicted molar refractivity (Wildman–Crippen MR) is 84.4 cm³/mol. The van der Waals surface area contributed by atoms with Crippen LogP contribution in [0.25, 0.3) is 0 Å². The van der Waals surface area contributed by atoms with Crippen LogP contribution in [0.4, 0.5) is 0 Å². The molecule has 1 aliphatic carbocycles. The Labute approximate surface area is 144 Å². The van der Waals surface area contributed by atoms with Gasteiger partial charge in [-0.3, -0.25) is 29.0 Å². The zero-order chi connectivity index (χ0) is 19.0. The van der Waals surface area contributed by atoms with E-state index >= 15 is 0 Å². The number of nitrogens with zero attached hydrogens (tertiary/aromatic N) is 2. The first-order valence-electron chi connectivity index (χ1n) is 8.06. The van der Waals surface area contributed by atoms with Crippen molar-refractivity contribution in [2.75, 3.05) is 26.2 Å². The topological polar surface area (TPSA) is 156 Å². The first-order valence-corrected chi connectivity index (χ1v) is 8.06. The molecule has 0 aliphatic heterocycles. The molecule has 0 bridgehead atoms. The highest BCUT2D eigenvalue weighted by Crippen LogP contribution is 2.26. The second kappa shape index (κ2) is 9.94. The number of carbonyl (C=O) groups is 4. The van der Waals surface area contributed by atoms with E-state index in [1.807, 2.05) is 0 Å². The Balaban J connectivity index is 3.12. The number of hydrogen-bond acceptors (Lipinski definition) is 6. The van der Waals surface area contributed by atoms with Crippen LogP contribution < -0.4 is 0 Å². The van der Waals surface area contributed by atoms with Gasteiger partial charge >= 0.3 is 23.9 Å². The summed E-state index contributed by atoms with van der Waals surface area (Å²) in [4.78, 5) is 47.0. The molecule has 1 fully saturated rings. The fourth-order valence-corrected chi connectivity index (χ4v) is 3.40. The number of hydrogen-bond donors (Lipinski definition) is 4. The van der Waals surface area contributed by atoms with Crippen molar-refractivity contribution in [1.29, 1.82) is 0 Å². The average molecular weight is 360 g/mol. The lowest BCUT2D eigenvalue weighted by Gasteiger charge is -2.39. The zero-order valence-electron chi connectivity index (χ0n) is 13.8. The lowest BCUT2D eigenvalue weighted by molar-refractivity contribution is -0.148. The molecule has 1 saturated carbocycles. The third-order valence-electron chi connectivity index (χ3n) is 4.24. The molecular formula is C15H24N2O8. The summed E-state index contributed by atoms with van der Waals surface area (Å²) in [6.45, 7) is -1.99. The van der Waals surface area contributed by atoms with Crippen molar-refractivity contribution in [3.63, 3.8) is 0 Å². The van der Waals surface area contributed by atoms with Crippen LogP contribution in [0.2, 0.25) is 0 Å². The van der Waals surface area contributed by atoms with E-state index in [1.54, 1.807) is 0 Å². The first-order chi connectivity index (χ1) is 11.7. The molecule has 142 valence electrons. The molecule has 0 aromatic heterocycles. The summed E-state index contributed by atoms with van der Waals surface area (Å²) in [5.74, 6) is -4.75. The molecule has 0 aromatic carbocycles. The van der Waals surface area contributed by atoms with Crippen molar-refractivity contribution in [2.45, 2.75) is 44.2 Å². The Hall–Kier alpha value is -2.20. The Bertz CT molecular complexity index is 434. The van der Waals surface area contributed by atoms with Gasteiger partial charge in [0.1, 0.15) is 0 Å². The fourth-order valence-electron chi connectivity index (χ4n) is 3.40. The maximum Gasteiger partial charge on any atom is 0.317 e. The molecule has 0 radical (unpaired) electrons.